The first-order chi connectivity index (χ1) is 10.8. The Balaban J connectivity index is 1.40. The molecule has 0 bridgehead atoms. The molecule has 1 aliphatic carbocycles. The van der Waals surface area contributed by atoms with E-state index in [1.807, 2.05) is 23.0 Å². The summed E-state index contributed by atoms with van der Waals surface area (Å²) >= 11 is 1.89. The minimum Gasteiger partial charge on any atom is -0.368 e. The summed E-state index contributed by atoms with van der Waals surface area (Å²) in [5.74, 6) is 1.64. The summed E-state index contributed by atoms with van der Waals surface area (Å²) in [7, 11) is 1.96. The monoisotopic (exact) mass is 319 g/mol. The molecule has 1 atom stereocenters. The van der Waals surface area contributed by atoms with Gasteiger partial charge in [-0.25, -0.2) is 4.98 Å². The highest BCUT2D eigenvalue weighted by Gasteiger charge is 2.27. The lowest BCUT2D eigenvalue weighted by molar-refractivity contribution is -0.0382. The van der Waals surface area contributed by atoms with Crippen LogP contribution in [-0.4, -0.2) is 44.3 Å². The molecule has 1 aliphatic heterocycles. The van der Waals surface area contributed by atoms with Gasteiger partial charge in [0.15, 0.2) is 5.82 Å². The molecule has 22 heavy (non-hydrogen) atoms. The van der Waals surface area contributed by atoms with E-state index < -0.39 is 0 Å². The van der Waals surface area contributed by atoms with Crippen molar-refractivity contribution >= 4 is 11.3 Å². The van der Waals surface area contributed by atoms with Crippen molar-refractivity contribution in [3.63, 3.8) is 0 Å². The molecule has 118 valence electrons. The number of thiazole rings is 1. The third-order valence-corrected chi connectivity index (χ3v) is 5.73. The average molecular weight is 319 g/mol. The predicted octanol–water partition coefficient (Wildman–Crippen LogP) is 2.11. The number of morpholine rings is 1. The Hall–Kier alpha value is -1.31. The van der Waals surface area contributed by atoms with Crippen molar-refractivity contribution in [3.05, 3.63) is 28.2 Å². The Morgan fingerprint density at radius 2 is 2.32 bits per heavy atom. The first-order valence-electron chi connectivity index (χ1n) is 7.92. The van der Waals surface area contributed by atoms with Crippen LogP contribution in [0.4, 0.5) is 0 Å². The zero-order valence-corrected chi connectivity index (χ0v) is 13.6. The highest BCUT2D eigenvalue weighted by Crippen LogP contribution is 2.38. The normalized spacial score (nSPS) is 23.6. The van der Waals surface area contributed by atoms with Gasteiger partial charge in [-0.15, -0.1) is 21.5 Å². The number of nitrogens with zero attached hydrogens (tertiary/aromatic N) is 5. The maximum Gasteiger partial charge on any atom is 0.163 e. The molecule has 1 unspecified atom stereocenters. The van der Waals surface area contributed by atoms with E-state index in [9.17, 15) is 0 Å². The SMILES string of the molecule is Cn1cnnc1C1CN(Cc2cnc(C3CCC3)s2)CCO1. The van der Waals surface area contributed by atoms with Gasteiger partial charge in [0.1, 0.15) is 12.4 Å². The van der Waals surface area contributed by atoms with Gasteiger partial charge < -0.3 is 9.30 Å². The van der Waals surface area contributed by atoms with Crippen LogP contribution in [-0.2, 0) is 18.3 Å². The van der Waals surface area contributed by atoms with Gasteiger partial charge in [-0.1, -0.05) is 6.42 Å². The number of hydrogen-bond acceptors (Lipinski definition) is 6. The van der Waals surface area contributed by atoms with Gasteiger partial charge in [-0.05, 0) is 12.8 Å². The van der Waals surface area contributed by atoms with Crippen molar-refractivity contribution in [1.29, 1.82) is 0 Å². The van der Waals surface area contributed by atoms with Crippen LogP contribution in [0.5, 0.6) is 0 Å². The Morgan fingerprint density at radius 3 is 3.05 bits per heavy atom. The van der Waals surface area contributed by atoms with E-state index in [4.69, 9.17) is 4.74 Å². The minimum absolute atomic E-state index is 0.0141. The maximum atomic E-state index is 5.86. The highest BCUT2D eigenvalue weighted by molar-refractivity contribution is 7.11. The van der Waals surface area contributed by atoms with Crippen LogP contribution in [0.3, 0.4) is 0 Å². The molecule has 1 saturated heterocycles. The molecule has 2 fully saturated rings. The average Bonchev–Trinajstić information content (AvgIpc) is 3.07. The summed E-state index contributed by atoms with van der Waals surface area (Å²) < 4.78 is 7.80. The number of aromatic nitrogens is 4. The largest absolute Gasteiger partial charge is 0.368 e. The molecule has 0 aromatic carbocycles. The molecule has 7 heteroatoms. The minimum atomic E-state index is 0.0141. The van der Waals surface area contributed by atoms with E-state index in [0.29, 0.717) is 0 Å². The topological polar surface area (TPSA) is 56.1 Å². The van der Waals surface area contributed by atoms with Crippen LogP contribution < -0.4 is 0 Å². The molecule has 2 aliphatic rings. The molecular weight excluding hydrogens is 298 g/mol. The second-order valence-electron chi connectivity index (χ2n) is 6.19. The molecule has 4 rings (SSSR count). The van der Waals surface area contributed by atoms with Crippen LogP contribution in [0.15, 0.2) is 12.5 Å². The summed E-state index contributed by atoms with van der Waals surface area (Å²) in [6.45, 7) is 3.53. The lowest BCUT2D eigenvalue weighted by Gasteiger charge is -2.31. The molecule has 0 radical (unpaired) electrons. The molecule has 2 aromatic rings. The van der Waals surface area contributed by atoms with Gasteiger partial charge >= 0.3 is 0 Å². The summed E-state index contributed by atoms with van der Waals surface area (Å²) in [6.07, 6.45) is 7.80. The molecule has 3 heterocycles. The van der Waals surface area contributed by atoms with E-state index in [-0.39, 0.29) is 6.10 Å². The van der Waals surface area contributed by atoms with Crippen LogP contribution in [0, 0.1) is 0 Å². The smallest absolute Gasteiger partial charge is 0.163 e. The van der Waals surface area contributed by atoms with Gasteiger partial charge in [-0.3, -0.25) is 4.90 Å². The van der Waals surface area contributed by atoms with E-state index in [1.165, 1.54) is 29.1 Å². The predicted molar refractivity (Wildman–Crippen MR) is 83.7 cm³/mol. The van der Waals surface area contributed by atoms with Crippen molar-refractivity contribution in [2.45, 2.75) is 37.8 Å². The Morgan fingerprint density at radius 1 is 1.41 bits per heavy atom. The Bertz CT molecular complexity index is 635. The zero-order chi connectivity index (χ0) is 14.9. The first-order valence-corrected chi connectivity index (χ1v) is 8.73. The fraction of sp³-hybridized carbons (Fsp3) is 0.667. The van der Waals surface area contributed by atoms with Gasteiger partial charge in [0.05, 0.1) is 11.6 Å². The van der Waals surface area contributed by atoms with Gasteiger partial charge in [0.25, 0.3) is 0 Å². The third kappa shape index (κ3) is 2.80. The summed E-state index contributed by atoms with van der Waals surface area (Å²) in [4.78, 5) is 8.41. The van der Waals surface area contributed by atoms with Crippen molar-refractivity contribution < 1.29 is 4.74 Å². The molecule has 0 spiro atoms. The first kappa shape index (κ1) is 14.3. The Labute approximate surface area is 134 Å². The molecule has 2 aromatic heterocycles. The quantitative estimate of drug-likeness (QED) is 0.864. The molecule has 0 amide bonds. The van der Waals surface area contributed by atoms with E-state index in [1.54, 1.807) is 6.33 Å². The summed E-state index contributed by atoms with van der Waals surface area (Å²) in [5.41, 5.74) is 0. The van der Waals surface area contributed by atoms with Crippen molar-refractivity contribution in [3.8, 4) is 0 Å². The lowest BCUT2D eigenvalue weighted by Crippen LogP contribution is -2.38. The molecule has 6 nitrogen and oxygen atoms in total. The number of rotatable bonds is 4. The van der Waals surface area contributed by atoms with Gasteiger partial charge in [0.2, 0.25) is 0 Å². The zero-order valence-electron chi connectivity index (χ0n) is 12.8. The Kier molecular flexibility index (Phi) is 3.94. The number of aryl methyl sites for hydroxylation is 1. The summed E-state index contributed by atoms with van der Waals surface area (Å²) in [6, 6.07) is 0. The van der Waals surface area contributed by atoms with Crippen LogP contribution >= 0.6 is 11.3 Å². The number of ether oxygens (including phenoxy) is 1. The lowest BCUT2D eigenvalue weighted by atomic mass is 9.86. The van der Waals surface area contributed by atoms with Crippen LogP contribution in [0.25, 0.3) is 0 Å². The second-order valence-corrected chi connectivity index (χ2v) is 7.33. The van der Waals surface area contributed by atoms with E-state index >= 15 is 0 Å². The van der Waals surface area contributed by atoms with Crippen LogP contribution in [0.2, 0.25) is 0 Å². The van der Waals surface area contributed by atoms with E-state index in [2.05, 4.69) is 26.3 Å². The van der Waals surface area contributed by atoms with Gasteiger partial charge in [0, 0.05) is 43.7 Å². The fourth-order valence-electron chi connectivity index (χ4n) is 3.05. The molecule has 1 saturated carbocycles. The molecular formula is C15H21N5OS. The second kappa shape index (κ2) is 6.06. The third-order valence-electron chi connectivity index (χ3n) is 4.59. The van der Waals surface area contributed by atoms with Crippen molar-refractivity contribution in [2.75, 3.05) is 19.7 Å². The van der Waals surface area contributed by atoms with Crippen molar-refractivity contribution in [2.24, 2.45) is 7.05 Å². The fourth-order valence-corrected chi connectivity index (χ4v) is 4.18. The van der Waals surface area contributed by atoms with E-state index in [0.717, 1.165) is 38.0 Å². The van der Waals surface area contributed by atoms with Gasteiger partial charge in [-0.2, -0.15) is 0 Å². The number of hydrogen-bond donors (Lipinski definition) is 0. The van der Waals surface area contributed by atoms with Crippen molar-refractivity contribution in [1.82, 2.24) is 24.6 Å². The van der Waals surface area contributed by atoms with Crippen LogP contribution in [0.1, 0.15) is 47.0 Å². The molecule has 0 N–H and O–H groups in total. The summed E-state index contributed by atoms with van der Waals surface area (Å²) in [5, 5.41) is 9.46. The maximum absolute atomic E-state index is 5.86. The standard InChI is InChI=1S/C15H21N5OS/c1-19-10-17-18-14(19)13-9-20(5-6-21-13)8-12-7-16-15(22-12)11-3-2-4-11/h7,10-11,13H,2-6,8-9H2,1H3. The highest BCUT2D eigenvalue weighted by atomic mass is 32.1.